The number of nitrogens with zero attached hydrogens (tertiary/aromatic N) is 6. The van der Waals surface area contributed by atoms with Crippen molar-refractivity contribution in [1.82, 2.24) is 50.7 Å². The van der Waals surface area contributed by atoms with Crippen molar-refractivity contribution in [2.45, 2.75) is 113 Å². The summed E-state index contributed by atoms with van der Waals surface area (Å²) in [6, 6.07) is 14.5. The molecular formula is C50H80N10O10. The Labute approximate surface area is 415 Å². The minimum absolute atomic E-state index is 0. The fraction of sp³-hybridized carbons (Fsp3) is 0.600. The maximum atomic E-state index is 13.2. The van der Waals surface area contributed by atoms with Crippen LogP contribution in [0.2, 0.25) is 0 Å². The highest BCUT2D eigenvalue weighted by molar-refractivity contribution is 5.89. The molecule has 3 saturated heterocycles. The Hall–Kier alpha value is -6.44. The Kier molecular flexibility index (Phi) is 25.2. The second kappa shape index (κ2) is 29.6. The summed E-state index contributed by atoms with van der Waals surface area (Å²) in [6.07, 6.45) is 0.0822. The molecule has 10 amide bonds. The number of urea groups is 2. The third-order valence-electron chi connectivity index (χ3n) is 11.2. The summed E-state index contributed by atoms with van der Waals surface area (Å²) in [5.41, 5.74) is 3.08. The van der Waals surface area contributed by atoms with Gasteiger partial charge in [0.25, 0.3) is 0 Å². The zero-order valence-electron chi connectivity index (χ0n) is 42.2. The molecule has 5 rings (SSSR count). The van der Waals surface area contributed by atoms with Crippen molar-refractivity contribution in [3.05, 3.63) is 70.8 Å². The predicted octanol–water partition coefficient (Wildman–Crippen LogP) is 3.91. The Morgan fingerprint density at radius 3 is 1.16 bits per heavy atom. The molecule has 0 unspecified atom stereocenters. The summed E-state index contributed by atoms with van der Waals surface area (Å²) in [4.78, 5) is 110. The van der Waals surface area contributed by atoms with E-state index in [1.807, 2.05) is 83.1 Å². The van der Waals surface area contributed by atoms with E-state index in [2.05, 4.69) is 21.3 Å². The molecule has 3 aliphatic heterocycles. The van der Waals surface area contributed by atoms with Crippen molar-refractivity contribution in [2.24, 2.45) is 0 Å². The molecule has 0 aliphatic carbocycles. The highest BCUT2D eigenvalue weighted by Gasteiger charge is 2.31. The summed E-state index contributed by atoms with van der Waals surface area (Å²) in [5, 5.41) is 11.1. The molecule has 0 aromatic heterocycles. The topological polar surface area (TPSA) is 223 Å². The van der Waals surface area contributed by atoms with Gasteiger partial charge >= 0.3 is 18.2 Å². The molecule has 3 heterocycles. The van der Waals surface area contributed by atoms with Crippen LogP contribution in [0.1, 0.15) is 97.9 Å². The molecular weight excluding hydrogens is 901 g/mol. The normalized spacial score (nSPS) is 15.3. The van der Waals surface area contributed by atoms with Crippen LogP contribution < -0.4 is 21.3 Å². The summed E-state index contributed by atoms with van der Waals surface area (Å²) >= 11 is 0. The SMILES string of the molecule is C.CC.CC(C)(C)OC(=O)NCc1ccc(CNC(=O)N2CCN(C(=O)CN3CCC(=O)N(CC(=O)N4CCN(C(=O)NCc5ccc(CNC=O)cc5)CC4)CCC3=O)CC2)cc1.COC(C)(C)C. The number of amides is 10. The second-order valence-electron chi connectivity index (χ2n) is 18.5. The smallest absolute Gasteiger partial charge is 0.407 e. The van der Waals surface area contributed by atoms with E-state index in [9.17, 15) is 38.4 Å². The monoisotopic (exact) mass is 981 g/mol. The largest absolute Gasteiger partial charge is 0.444 e. The van der Waals surface area contributed by atoms with Gasteiger partial charge in [-0.1, -0.05) is 69.8 Å². The lowest BCUT2D eigenvalue weighted by molar-refractivity contribution is -0.147. The van der Waals surface area contributed by atoms with Crippen LogP contribution >= 0.6 is 0 Å². The van der Waals surface area contributed by atoms with Crippen molar-refractivity contribution in [3.8, 4) is 0 Å². The number of alkyl carbamates (subject to hydrolysis) is 1. The van der Waals surface area contributed by atoms with Crippen LogP contribution in [0.15, 0.2) is 48.5 Å². The van der Waals surface area contributed by atoms with E-state index in [0.717, 1.165) is 22.3 Å². The van der Waals surface area contributed by atoms with Crippen molar-refractivity contribution in [1.29, 1.82) is 0 Å². The Morgan fingerprint density at radius 1 is 0.529 bits per heavy atom. The quantitative estimate of drug-likeness (QED) is 0.212. The molecule has 0 radical (unpaired) electrons. The summed E-state index contributed by atoms with van der Waals surface area (Å²) in [6.45, 7) is 19.1. The third kappa shape index (κ3) is 21.5. The van der Waals surface area contributed by atoms with Crippen molar-refractivity contribution >= 4 is 48.2 Å². The van der Waals surface area contributed by atoms with Crippen molar-refractivity contribution in [2.75, 3.05) is 85.6 Å². The van der Waals surface area contributed by atoms with Gasteiger partial charge < -0.3 is 60.1 Å². The maximum Gasteiger partial charge on any atom is 0.407 e. The van der Waals surface area contributed by atoms with Gasteiger partial charge in [0, 0.05) is 112 Å². The summed E-state index contributed by atoms with van der Waals surface area (Å²) in [5.74, 6) is -1.09. The van der Waals surface area contributed by atoms with Crippen LogP contribution in [0.3, 0.4) is 0 Å². The van der Waals surface area contributed by atoms with Gasteiger partial charge in [0.1, 0.15) is 5.60 Å². The fourth-order valence-electron chi connectivity index (χ4n) is 6.98. The molecule has 20 heteroatoms. The van der Waals surface area contributed by atoms with E-state index >= 15 is 0 Å². The fourth-order valence-corrected chi connectivity index (χ4v) is 6.98. The highest BCUT2D eigenvalue weighted by atomic mass is 16.6. The maximum absolute atomic E-state index is 13.2. The van der Waals surface area contributed by atoms with Gasteiger partial charge in [-0.3, -0.25) is 24.0 Å². The van der Waals surface area contributed by atoms with E-state index in [1.165, 1.54) is 9.80 Å². The third-order valence-corrected chi connectivity index (χ3v) is 11.2. The van der Waals surface area contributed by atoms with Crippen LogP contribution in [0.5, 0.6) is 0 Å². The molecule has 2 aromatic carbocycles. The van der Waals surface area contributed by atoms with E-state index < -0.39 is 11.7 Å². The minimum Gasteiger partial charge on any atom is -0.444 e. The van der Waals surface area contributed by atoms with E-state index in [1.54, 1.807) is 47.5 Å². The molecule has 3 aliphatic rings. The van der Waals surface area contributed by atoms with E-state index in [4.69, 9.17) is 9.47 Å². The number of carbonyl (C=O) groups excluding carboxylic acids is 8. The standard InChI is InChI=1S/C42H58N10O9.C5H12O.C2H6.CH4/c1-42(2,3)61-41(60)46-27-34-10-8-33(9-11-34)26-45-40(59)50-22-18-48(19-23-50)38(57)29-52-15-13-35(54)51(14-12-36(52)55)28-37(56)47-16-20-49(21-17-47)39(58)44-25-32-6-4-31(5-7-32)24-43-30-53;1-5(2,3)6-4;1-2;/h4-11,30H,12-29H2,1-3H3,(H,43,53)(H,44,58)(H,45,59)(H,46,60);1-4H3;1-2H3;1H4. The predicted molar refractivity (Wildman–Crippen MR) is 267 cm³/mol. The van der Waals surface area contributed by atoms with Gasteiger partial charge in [0.2, 0.25) is 30.0 Å². The number of carbonyl (C=O) groups is 8. The van der Waals surface area contributed by atoms with E-state index in [0.29, 0.717) is 84.9 Å². The lowest BCUT2D eigenvalue weighted by atomic mass is 10.1. The van der Waals surface area contributed by atoms with Gasteiger partial charge in [-0.05, 0) is 63.8 Å². The number of hydrogen-bond acceptors (Lipinski definition) is 10. The van der Waals surface area contributed by atoms with Crippen LogP contribution in [0, 0.1) is 0 Å². The number of hydrogen-bond donors (Lipinski definition) is 4. The molecule has 0 atom stereocenters. The van der Waals surface area contributed by atoms with E-state index in [-0.39, 0.29) is 87.7 Å². The Bertz CT molecular complexity index is 1990. The van der Waals surface area contributed by atoms with Crippen LogP contribution in [0.4, 0.5) is 14.4 Å². The first-order valence-corrected chi connectivity index (χ1v) is 23.7. The zero-order chi connectivity index (χ0) is 51.1. The second-order valence-corrected chi connectivity index (χ2v) is 18.5. The van der Waals surface area contributed by atoms with Gasteiger partial charge in [-0.15, -0.1) is 0 Å². The average molecular weight is 981 g/mol. The molecule has 390 valence electrons. The van der Waals surface area contributed by atoms with Crippen molar-refractivity contribution < 1.29 is 47.8 Å². The van der Waals surface area contributed by atoms with Gasteiger partial charge in [-0.25, -0.2) is 14.4 Å². The lowest BCUT2D eigenvalue weighted by Gasteiger charge is -2.37. The molecule has 4 N–H and O–H groups in total. The molecule has 20 nitrogen and oxygen atoms in total. The highest BCUT2D eigenvalue weighted by Crippen LogP contribution is 2.13. The molecule has 3 fully saturated rings. The van der Waals surface area contributed by atoms with Crippen molar-refractivity contribution in [3.63, 3.8) is 0 Å². The lowest BCUT2D eigenvalue weighted by Crippen LogP contribution is -2.56. The Morgan fingerprint density at radius 2 is 0.843 bits per heavy atom. The number of nitrogens with one attached hydrogen (secondary N) is 4. The van der Waals surface area contributed by atoms with Gasteiger partial charge in [-0.2, -0.15) is 0 Å². The molecule has 2 aromatic rings. The number of rotatable bonds is 13. The number of ether oxygens (including phenoxy) is 2. The van der Waals surface area contributed by atoms with Gasteiger partial charge in [0.15, 0.2) is 0 Å². The molecule has 0 saturated carbocycles. The minimum atomic E-state index is -0.582. The average Bonchev–Trinajstić information content (AvgIpc) is 3.33. The Balaban J connectivity index is 0.00000173. The number of methoxy groups -OCH3 is 1. The molecule has 70 heavy (non-hydrogen) atoms. The first-order valence-electron chi connectivity index (χ1n) is 23.7. The van der Waals surface area contributed by atoms with Crippen LogP contribution in [-0.4, -0.2) is 174 Å². The van der Waals surface area contributed by atoms with Crippen LogP contribution in [-0.2, 0) is 59.6 Å². The first-order chi connectivity index (χ1) is 32.7. The first kappa shape index (κ1) is 59.7. The van der Waals surface area contributed by atoms with Gasteiger partial charge in [0.05, 0.1) is 18.7 Å². The van der Waals surface area contributed by atoms with Crippen LogP contribution in [0.25, 0.3) is 0 Å². The summed E-state index contributed by atoms with van der Waals surface area (Å²) in [7, 11) is 1.71. The number of piperazine rings is 2. The zero-order valence-corrected chi connectivity index (χ0v) is 42.2. The molecule has 0 bridgehead atoms. The molecule has 0 spiro atoms. The summed E-state index contributed by atoms with van der Waals surface area (Å²) < 4.78 is 10.2. The number of benzene rings is 2.